The first-order valence-electron chi connectivity index (χ1n) is 13.0. The summed E-state index contributed by atoms with van der Waals surface area (Å²) < 4.78 is 7.76. The smallest absolute Gasteiger partial charge is 0.251 e. The maximum absolute atomic E-state index is 13.2. The Morgan fingerprint density at radius 1 is 0.974 bits per heavy atom. The molecule has 0 unspecified atom stereocenters. The lowest BCUT2D eigenvalue weighted by atomic mass is 9.99. The molecule has 194 valence electrons. The average molecular weight is 514 g/mol. The number of nitrogens with one attached hydrogen (secondary N) is 1. The third kappa shape index (κ3) is 5.02. The molecule has 0 saturated heterocycles. The van der Waals surface area contributed by atoms with Crippen LogP contribution in [0.3, 0.4) is 0 Å². The summed E-state index contributed by atoms with van der Waals surface area (Å²) >= 11 is 0. The van der Waals surface area contributed by atoms with Crippen LogP contribution in [-0.4, -0.2) is 17.6 Å². The highest BCUT2D eigenvalue weighted by Crippen LogP contribution is 2.29. The summed E-state index contributed by atoms with van der Waals surface area (Å²) in [6.45, 7) is 6.91. The molecular weight excluding hydrogens is 482 g/mol. The zero-order valence-corrected chi connectivity index (χ0v) is 22.7. The molecule has 5 heteroatoms. The van der Waals surface area contributed by atoms with Crippen molar-refractivity contribution in [2.75, 3.05) is 7.11 Å². The van der Waals surface area contributed by atoms with Crippen molar-refractivity contribution in [2.24, 2.45) is 0 Å². The molecule has 5 nitrogen and oxygen atoms in total. The number of hydrogen-bond acceptors (Lipinski definition) is 3. The molecule has 0 aliphatic rings. The van der Waals surface area contributed by atoms with Crippen molar-refractivity contribution in [1.82, 2.24) is 9.88 Å². The van der Waals surface area contributed by atoms with Crippen molar-refractivity contribution < 1.29 is 9.53 Å². The molecule has 0 saturated carbocycles. The Morgan fingerprint density at radius 3 is 2.44 bits per heavy atom. The van der Waals surface area contributed by atoms with E-state index in [0.717, 1.165) is 38.9 Å². The highest BCUT2D eigenvalue weighted by molar-refractivity contribution is 5.99. The molecule has 0 aliphatic carbocycles. The van der Waals surface area contributed by atoms with E-state index >= 15 is 0 Å². The Balaban J connectivity index is 1.39. The number of hydrogen-bond donors (Lipinski definition) is 1. The molecule has 5 aromatic rings. The number of ether oxygens (including phenoxy) is 1. The minimum absolute atomic E-state index is 0.117. The van der Waals surface area contributed by atoms with E-state index in [-0.39, 0.29) is 11.9 Å². The zero-order chi connectivity index (χ0) is 27.5. The third-order valence-corrected chi connectivity index (χ3v) is 7.51. The lowest BCUT2D eigenvalue weighted by Gasteiger charge is -2.17. The van der Waals surface area contributed by atoms with Gasteiger partial charge in [-0.2, -0.15) is 5.26 Å². The van der Waals surface area contributed by atoms with Crippen LogP contribution in [-0.2, 0) is 6.54 Å². The van der Waals surface area contributed by atoms with Gasteiger partial charge in [0.1, 0.15) is 5.75 Å². The van der Waals surface area contributed by atoms with E-state index in [2.05, 4.69) is 54.1 Å². The Hall–Kier alpha value is -4.82. The quantitative estimate of drug-likeness (QED) is 0.247. The molecule has 1 heterocycles. The van der Waals surface area contributed by atoms with Crippen LogP contribution < -0.4 is 10.1 Å². The van der Waals surface area contributed by atoms with Gasteiger partial charge in [-0.05, 0) is 73.4 Å². The van der Waals surface area contributed by atoms with Gasteiger partial charge in [-0.1, -0.05) is 60.7 Å². The molecule has 0 fully saturated rings. The monoisotopic (exact) mass is 513 g/mol. The van der Waals surface area contributed by atoms with Crippen molar-refractivity contribution in [2.45, 2.75) is 33.4 Å². The van der Waals surface area contributed by atoms with E-state index in [1.807, 2.05) is 73.7 Å². The van der Waals surface area contributed by atoms with Gasteiger partial charge in [0, 0.05) is 34.3 Å². The molecule has 39 heavy (non-hydrogen) atoms. The van der Waals surface area contributed by atoms with Crippen LogP contribution in [0.2, 0.25) is 0 Å². The number of benzene rings is 4. The predicted octanol–water partition coefficient (Wildman–Crippen LogP) is 7.34. The first kappa shape index (κ1) is 25.8. The van der Waals surface area contributed by atoms with Gasteiger partial charge in [0.25, 0.3) is 5.91 Å². The number of nitriles is 1. The van der Waals surface area contributed by atoms with Gasteiger partial charge < -0.3 is 14.6 Å². The van der Waals surface area contributed by atoms with E-state index in [9.17, 15) is 10.1 Å². The van der Waals surface area contributed by atoms with Gasteiger partial charge in [-0.15, -0.1) is 0 Å². The average Bonchev–Trinajstić information content (AvgIpc) is 3.21. The second-order valence-electron chi connectivity index (χ2n) is 9.82. The number of aryl methyl sites for hydroxylation is 1. The molecule has 1 N–H and O–H groups in total. The fourth-order valence-corrected chi connectivity index (χ4v) is 5.18. The van der Waals surface area contributed by atoms with Crippen LogP contribution in [0.15, 0.2) is 91.0 Å². The van der Waals surface area contributed by atoms with Crippen molar-refractivity contribution in [3.05, 3.63) is 125 Å². The van der Waals surface area contributed by atoms with E-state index in [4.69, 9.17) is 4.74 Å². The molecule has 0 bridgehead atoms. The number of para-hydroxylation sites is 1. The Bertz CT molecular complexity index is 1710. The van der Waals surface area contributed by atoms with Crippen LogP contribution >= 0.6 is 0 Å². The molecule has 1 aromatic heterocycles. The molecule has 0 radical (unpaired) electrons. The van der Waals surface area contributed by atoms with Gasteiger partial charge in [-0.3, -0.25) is 4.79 Å². The number of carbonyl (C=O) groups excluding carboxylic acids is 1. The topological polar surface area (TPSA) is 67.0 Å². The largest absolute Gasteiger partial charge is 0.496 e. The molecule has 0 spiro atoms. The van der Waals surface area contributed by atoms with Crippen LogP contribution in [0.4, 0.5) is 0 Å². The number of nitrogens with zero attached hydrogens (tertiary/aromatic N) is 2. The van der Waals surface area contributed by atoms with E-state index < -0.39 is 0 Å². The number of aromatic nitrogens is 1. The highest BCUT2D eigenvalue weighted by atomic mass is 16.5. The van der Waals surface area contributed by atoms with E-state index in [0.29, 0.717) is 17.7 Å². The van der Waals surface area contributed by atoms with Crippen LogP contribution in [0, 0.1) is 25.2 Å². The summed E-state index contributed by atoms with van der Waals surface area (Å²) in [5.41, 5.74) is 8.81. The minimum atomic E-state index is -0.195. The van der Waals surface area contributed by atoms with Crippen LogP contribution in [0.1, 0.15) is 51.3 Å². The summed E-state index contributed by atoms with van der Waals surface area (Å²) in [5.74, 6) is 0.639. The van der Waals surface area contributed by atoms with Gasteiger partial charge in [0.2, 0.25) is 0 Å². The SMILES string of the molecule is COc1ccccc1[C@H](C)NC(=O)c1ccc2c(c1)c(C)c(C)n2Cc1ccc(-c2ccccc2C#N)cc1. The van der Waals surface area contributed by atoms with Crippen LogP contribution in [0.25, 0.3) is 22.0 Å². The predicted molar refractivity (Wildman–Crippen MR) is 156 cm³/mol. The number of methoxy groups -OCH3 is 1. The Kier molecular flexibility index (Phi) is 7.21. The van der Waals surface area contributed by atoms with Crippen molar-refractivity contribution >= 4 is 16.8 Å². The first-order valence-corrected chi connectivity index (χ1v) is 13.0. The van der Waals surface area contributed by atoms with E-state index in [1.54, 1.807) is 7.11 Å². The van der Waals surface area contributed by atoms with Gasteiger partial charge in [-0.25, -0.2) is 0 Å². The second-order valence-corrected chi connectivity index (χ2v) is 9.82. The van der Waals surface area contributed by atoms with Crippen molar-refractivity contribution in [3.8, 4) is 22.9 Å². The molecule has 1 atom stereocenters. The van der Waals surface area contributed by atoms with Gasteiger partial charge in [0.05, 0.1) is 24.8 Å². The first-order chi connectivity index (χ1) is 18.9. The molecule has 4 aromatic carbocycles. The fourth-order valence-electron chi connectivity index (χ4n) is 5.18. The standard InChI is InChI=1S/C34H31N3O2/c1-22-24(3)37(21-25-13-15-26(16-14-25)30-11-6-5-9-28(30)20-35)32-18-17-27(19-31(22)32)34(38)36-23(2)29-10-7-8-12-33(29)39-4/h5-19,23H,21H2,1-4H3,(H,36,38)/t23-/m0/s1. The zero-order valence-electron chi connectivity index (χ0n) is 22.7. The summed E-state index contributed by atoms with van der Waals surface area (Å²) in [7, 11) is 1.64. The second kappa shape index (κ2) is 10.9. The fraction of sp³-hybridized carbons (Fsp3) is 0.176. The van der Waals surface area contributed by atoms with Crippen molar-refractivity contribution in [1.29, 1.82) is 5.26 Å². The summed E-state index contributed by atoms with van der Waals surface area (Å²) in [4.78, 5) is 13.2. The number of fused-ring (bicyclic) bond motifs is 1. The molecular formula is C34H31N3O2. The Labute approximate surface area is 229 Å². The lowest BCUT2D eigenvalue weighted by molar-refractivity contribution is 0.0939. The highest BCUT2D eigenvalue weighted by Gasteiger charge is 2.18. The number of carbonyl (C=O) groups is 1. The minimum Gasteiger partial charge on any atom is -0.496 e. The maximum Gasteiger partial charge on any atom is 0.251 e. The molecule has 1 amide bonds. The lowest BCUT2D eigenvalue weighted by Crippen LogP contribution is -2.26. The Morgan fingerprint density at radius 2 is 1.69 bits per heavy atom. The normalized spacial score (nSPS) is 11.7. The van der Waals surface area contributed by atoms with E-state index in [1.165, 1.54) is 11.3 Å². The summed E-state index contributed by atoms with van der Waals surface area (Å²) in [6.07, 6.45) is 0. The molecule has 5 rings (SSSR count). The molecule has 0 aliphatic heterocycles. The number of rotatable bonds is 7. The van der Waals surface area contributed by atoms with Crippen LogP contribution in [0.5, 0.6) is 5.75 Å². The van der Waals surface area contributed by atoms with Crippen molar-refractivity contribution in [3.63, 3.8) is 0 Å². The third-order valence-electron chi connectivity index (χ3n) is 7.51. The van der Waals surface area contributed by atoms with Gasteiger partial charge in [0.15, 0.2) is 0 Å². The van der Waals surface area contributed by atoms with Gasteiger partial charge >= 0.3 is 0 Å². The maximum atomic E-state index is 13.2. The number of amides is 1. The summed E-state index contributed by atoms with van der Waals surface area (Å²) in [5, 5.41) is 13.6. The summed E-state index contributed by atoms with van der Waals surface area (Å²) in [6, 6.07) is 31.8.